The molecule has 17 heavy (non-hydrogen) atoms. The van der Waals surface area contributed by atoms with Crippen LogP contribution in [0.3, 0.4) is 0 Å². The van der Waals surface area contributed by atoms with Gasteiger partial charge in [-0.1, -0.05) is 24.3 Å². The average molecular weight is 297 g/mol. The number of rotatable bonds is 5. The van der Waals surface area contributed by atoms with E-state index in [0.29, 0.717) is 12.4 Å². The zero-order valence-electron chi connectivity index (χ0n) is 9.39. The summed E-state index contributed by atoms with van der Waals surface area (Å²) in [6.45, 7) is 2.36. The maximum Gasteiger partial charge on any atom is 0.328 e. The maximum atomic E-state index is 10.5. The number of allylic oxidation sites excluding steroid dienone is 1. The Morgan fingerprint density at radius 2 is 2.29 bits per heavy atom. The van der Waals surface area contributed by atoms with Gasteiger partial charge in [0.25, 0.3) is 0 Å². The highest BCUT2D eigenvalue weighted by molar-refractivity contribution is 9.10. The van der Waals surface area contributed by atoms with Gasteiger partial charge in [-0.15, -0.1) is 0 Å². The first-order valence-electron chi connectivity index (χ1n) is 5.08. The van der Waals surface area contributed by atoms with E-state index in [9.17, 15) is 4.79 Å². The van der Waals surface area contributed by atoms with E-state index < -0.39 is 5.97 Å². The van der Waals surface area contributed by atoms with Gasteiger partial charge in [-0.25, -0.2) is 4.79 Å². The third kappa shape index (κ3) is 4.44. The number of carbonyl (C=O) groups is 1. The average Bonchev–Trinajstić information content (AvgIpc) is 2.29. The van der Waals surface area contributed by atoms with E-state index in [2.05, 4.69) is 15.9 Å². The lowest BCUT2D eigenvalue weighted by Gasteiger charge is -2.09. The van der Waals surface area contributed by atoms with E-state index in [-0.39, 0.29) is 0 Å². The molecule has 0 radical (unpaired) electrons. The molecule has 0 fully saturated rings. The molecule has 0 unspecified atom stereocenters. The smallest absolute Gasteiger partial charge is 0.328 e. The van der Waals surface area contributed by atoms with Crippen LogP contribution in [0.15, 0.2) is 40.9 Å². The lowest BCUT2D eigenvalue weighted by Crippen LogP contribution is -1.96. The van der Waals surface area contributed by atoms with Crippen molar-refractivity contribution in [3.05, 3.63) is 46.5 Å². The van der Waals surface area contributed by atoms with Gasteiger partial charge in [0.2, 0.25) is 0 Å². The summed E-state index contributed by atoms with van der Waals surface area (Å²) in [5.74, 6) is -0.340. The van der Waals surface area contributed by atoms with Crippen LogP contribution >= 0.6 is 15.9 Å². The molecule has 0 aliphatic heterocycles. The quantitative estimate of drug-likeness (QED) is 0.668. The molecule has 0 bridgehead atoms. The zero-order chi connectivity index (χ0) is 12.7. The third-order valence-corrected chi connectivity index (χ3v) is 2.59. The zero-order valence-corrected chi connectivity index (χ0v) is 11.0. The molecule has 0 heterocycles. The van der Waals surface area contributed by atoms with Crippen molar-refractivity contribution in [2.45, 2.75) is 6.92 Å². The van der Waals surface area contributed by atoms with E-state index in [4.69, 9.17) is 9.84 Å². The van der Waals surface area contributed by atoms with Crippen molar-refractivity contribution in [2.24, 2.45) is 0 Å². The van der Waals surface area contributed by atoms with Crippen LogP contribution in [0.25, 0.3) is 6.08 Å². The van der Waals surface area contributed by atoms with Gasteiger partial charge in [0, 0.05) is 11.6 Å². The molecule has 4 heteroatoms. The van der Waals surface area contributed by atoms with Gasteiger partial charge >= 0.3 is 5.97 Å². The summed E-state index contributed by atoms with van der Waals surface area (Å²) in [6.07, 6.45) is 6.37. The summed E-state index contributed by atoms with van der Waals surface area (Å²) in [5, 5.41) is 8.60. The standard InChI is InChI=1S/C13H13BrO3/c1-2-3-9-17-13-10(7-8-12(15)16)5-4-6-11(13)14/h2-8H,9H2,1H3,(H,15,16)/b3-2+,8-7+. The molecule has 0 aliphatic carbocycles. The summed E-state index contributed by atoms with van der Waals surface area (Å²) in [5.41, 5.74) is 0.728. The number of hydrogen-bond donors (Lipinski definition) is 1. The Hall–Kier alpha value is -1.55. The molecule has 0 saturated carbocycles. The lowest BCUT2D eigenvalue weighted by atomic mass is 10.2. The normalized spacial score (nSPS) is 11.2. The van der Waals surface area contributed by atoms with Crippen LogP contribution in [0.1, 0.15) is 12.5 Å². The molecule has 1 aromatic carbocycles. The number of hydrogen-bond acceptors (Lipinski definition) is 2. The molecule has 1 aromatic rings. The van der Waals surface area contributed by atoms with Crippen LogP contribution in [0.4, 0.5) is 0 Å². The molecule has 0 spiro atoms. The van der Waals surface area contributed by atoms with Crippen LogP contribution in [-0.4, -0.2) is 17.7 Å². The van der Waals surface area contributed by atoms with Crippen LogP contribution in [0.5, 0.6) is 5.75 Å². The van der Waals surface area contributed by atoms with Gasteiger partial charge in [-0.05, 0) is 35.0 Å². The van der Waals surface area contributed by atoms with Gasteiger partial charge in [-0.2, -0.15) is 0 Å². The van der Waals surface area contributed by atoms with Gasteiger partial charge in [-0.3, -0.25) is 0 Å². The van der Waals surface area contributed by atoms with E-state index in [0.717, 1.165) is 16.1 Å². The molecule has 0 atom stereocenters. The molecule has 0 amide bonds. The van der Waals surface area contributed by atoms with E-state index in [1.165, 1.54) is 6.08 Å². The highest BCUT2D eigenvalue weighted by atomic mass is 79.9. The second-order valence-corrected chi connectivity index (χ2v) is 4.06. The Morgan fingerprint density at radius 3 is 2.94 bits per heavy atom. The molecule has 3 nitrogen and oxygen atoms in total. The fourth-order valence-corrected chi connectivity index (χ4v) is 1.69. The fraction of sp³-hybridized carbons (Fsp3) is 0.154. The molecule has 0 saturated heterocycles. The van der Waals surface area contributed by atoms with Crippen molar-refractivity contribution in [2.75, 3.05) is 6.61 Å². The van der Waals surface area contributed by atoms with Crippen molar-refractivity contribution in [1.82, 2.24) is 0 Å². The molecule has 0 aromatic heterocycles. The fourth-order valence-electron chi connectivity index (χ4n) is 1.20. The number of aliphatic carboxylic acids is 1. The number of carboxylic acid groups (broad SMARTS) is 1. The largest absolute Gasteiger partial charge is 0.488 e. The Labute approximate surface area is 109 Å². The van der Waals surface area contributed by atoms with Gasteiger partial charge in [0.15, 0.2) is 0 Å². The Kier molecular flexibility index (Phi) is 5.49. The third-order valence-electron chi connectivity index (χ3n) is 1.96. The first-order chi connectivity index (χ1) is 8.15. The molecular weight excluding hydrogens is 284 g/mol. The number of ether oxygens (including phenoxy) is 1. The summed E-state index contributed by atoms with van der Waals surface area (Å²) in [7, 11) is 0. The molecule has 0 aliphatic rings. The summed E-state index contributed by atoms with van der Waals surface area (Å²) in [4.78, 5) is 10.5. The van der Waals surface area contributed by atoms with Crippen molar-refractivity contribution in [3.63, 3.8) is 0 Å². The van der Waals surface area contributed by atoms with E-state index >= 15 is 0 Å². The number of para-hydroxylation sites is 1. The molecular formula is C13H13BrO3. The van der Waals surface area contributed by atoms with E-state index in [1.54, 1.807) is 6.07 Å². The summed E-state index contributed by atoms with van der Waals surface area (Å²) < 4.78 is 6.36. The molecule has 1 N–H and O–H groups in total. The highest BCUT2D eigenvalue weighted by Crippen LogP contribution is 2.30. The Balaban J connectivity index is 2.95. The first kappa shape index (κ1) is 13.5. The minimum atomic E-state index is -0.982. The van der Waals surface area contributed by atoms with Crippen LogP contribution < -0.4 is 4.74 Å². The van der Waals surface area contributed by atoms with Crippen molar-refractivity contribution >= 4 is 28.0 Å². The topological polar surface area (TPSA) is 46.5 Å². The minimum Gasteiger partial charge on any atom is -0.488 e. The minimum absolute atomic E-state index is 0.451. The highest BCUT2D eigenvalue weighted by Gasteiger charge is 2.05. The predicted molar refractivity (Wildman–Crippen MR) is 71.1 cm³/mol. The molecule has 1 rings (SSSR count). The Morgan fingerprint density at radius 1 is 1.53 bits per heavy atom. The molecule has 90 valence electrons. The first-order valence-corrected chi connectivity index (χ1v) is 5.88. The SMILES string of the molecule is C/C=C/COc1c(Br)cccc1/C=C/C(=O)O. The number of halogens is 1. The second-order valence-electron chi connectivity index (χ2n) is 3.21. The Bertz CT molecular complexity index is 450. The van der Waals surface area contributed by atoms with Crippen molar-refractivity contribution < 1.29 is 14.6 Å². The van der Waals surface area contributed by atoms with Crippen molar-refractivity contribution in [1.29, 1.82) is 0 Å². The predicted octanol–water partition coefficient (Wildman–Crippen LogP) is 3.50. The van der Waals surface area contributed by atoms with Crippen LogP contribution in [-0.2, 0) is 4.79 Å². The van der Waals surface area contributed by atoms with E-state index in [1.807, 2.05) is 31.2 Å². The van der Waals surface area contributed by atoms with Crippen LogP contribution in [0.2, 0.25) is 0 Å². The van der Waals surface area contributed by atoms with Gasteiger partial charge in [0.1, 0.15) is 12.4 Å². The summed E-state index contributed by atoms with van der Waals surface area (Å²) >= 11 is 3.38. The van der Waals surface area contributed by atoms with Crippen molar-refractivity contribution in [3.8, 4) is 5.75 Å². The number of carboxylic acids is 1. The number of benzene rings is 1. The van der Waals surface area contributed by atoms with Crippen LogP contribution in [0, 0.1) is 0 Å². The lowest BCUT2D eigenvalue weighted by molar-refractivity contribution is -0.131. The van der Waals surface area contributed by atoms with Gasteiger partial charge in [0.05, 0.1) is 4.47 Å². The monoisotopic (exact) mass is 296 g/mol. The summed E-state index contributed by atoms with van der Waals surface area (Å²) in [6, 6.07) is 5.48. The van der Waals surface area contributed by atoms with Gasteiger partial charge < -0.3 is 9.84 Å². The second kappa shape index (κ2) is 6.91. The maximum absolute atomic E-state index is 10.5.